The molecule has 1 N–H and O–H groups in total. The fourth-order valence-electron chi connectivity index (χ4n) is 2.13. The molecule has 2 aromatic heterocycles. The Bertz CT molecular complexity index is 1010. The Morgan fingerprint density at radius 3 is 2.95 bits per heavy atom. The smallest absolute Gasteiger partial charge is 0.257 e. The Kier molecular flexibility index (Phi) is 3.40. The minimum Gasteiger partial charge on any atom is -0.298 e. The molecule has 4 rings (SSSR count). The van der Waals surface area contributed by atoms with Crippen molar-refractivity contribution in [2.45, 2.75) is 0 Å². The summed E-state index contributed by atoms with van der Waals surface area (Å²) in [5, 5.41) is 3.46. The minimum absolute atomic E-state index is 0.162. The number of anilines is 1. The first-order valence-electron chi connectivity index (χ1n) is 6.40. The summed E-state index contributed by atoms with van der Waals surface area (Å²) in [6.07, 6.45) is 0. The van der Waals surface area contributed by atoms with Gasteiger partial charge >= 0.3 is 0 Å². The number of fused-ring (bicyclic) bond motifs is 2. The van der Waals surface area contributed by atoms with E-state index in [0.717, 1.165) is 24.9 Å². The fraction of sp³-hybridized carbons (Fsp3) is 0. The van der Waals surface area contributed by atoms with E-state index in [9.17, 15) is 4.79 Å². The number of carbonyl (C=O) groups excluding carboxylic acids is 1. The highest BCUT2D eigenvalue weighted by molar-refractivity contribution is 9.10. The van der Waals surface area contributed by atoms with E-state index >= 15 is 0 Å². The fourth-order valence-corrected chi connectivity index (χ4v) is 4.32. The Balaban J connectivity index is 1.66. The molecule has 0 atom stereocenters. The third-order valence-electron chi connectivity index (χ3n) is 3.18. The van der Waals surface area contributed by atoms with Crippen LogP contribution in [-0.4, -0.2) is 15.9 Å². The van der Waals surface area contributed by atoms with Crippen LogP contribution >= 0.6 is 38.6 Å². The largest absolute Gasteiger partial charge is 0.298 e. The number of nitrogens with zero attached hydrogens (tertiary/aromatic N) is 2. The molecule has 0 radical (unpaired) electrons. The van der Waals surface area contributed by atoms with Gasteiger partial charge in [-0.2, -0.15) is 0 Å². The molecular weight excluding hydrogens is 382 g/mol. The summed E-state index contributed by atoms with van der Waals surface area (Å²) in [5.74, 6) is -0.162. The van der Waals surface area contributed by atoms with Gasteiger partial charge in [0.15, 0.2) is 5.13 Å². The van der Waals surface area contributed by atoms with Crippen LogP contribution in [0.2, 0.25) is 0 Å². The van der Waals surface area contributed by atoms with Crippen LogP contribution in [0.15, 0.2) is 46.4 Å². The number of rotatable bonds is 2. The van der Waals surface area contributed by atoms with Gasteiger partial charge in [0.25, 0.3) is 5.91 Å². The number of carbonyl (C=O) groups is 1. The zero-order valence-corrected chi connectivity index (χ0v) is 14.3. The van der Waals surface area contributed by atoms with Gasteiger partial charge in [0.05, 0.1) is 25.9 Å². The second-order valence-corrected chi connectivity index (χ2v) is 7.37. The van der Waals surface area contributed by atoms with Crippen molar-refractivity contribution in [3.63, 3.8) is 0 Å². The molecule has 7 heteroatoms. The van der Waals surface area contributed by atoms with Crippen LogP contribution in [0.5, 0.6) is 0 Å². The number of para-hydroxylation sites is 1. The van der Waals surface area contributed by atoms with E-state index in [0.29, 0.717) is 10.7 Å². The van der Waals surface area contributed by atoms with Gasteiger partial charge in [0, 0.05) is 10.0 Å². The van der Waals surface area contributed by atoms with Crippen molar-refractivity contribution in [2.75, 3.05) is 5.32 Å². The summed E-state index contributed by atoms with van der Waals surface area (Å²) >= 11 is 6.45. The summed E-state index contributed by atoms with van der Waals surface area (Å²) in [6, 6.07) is 11.4. The molecule has 2 aromatic carbocycles. The second-order valence-electron chi connectivity index (χ2n) is 4.59. The normalized spacial score (nSPS) is 11.1. The summed E-state index contributed by atoms with van der Waals surface area (Å²) in [7, 11) is 0. The first kappa shape index (κ1) is 13.8. The standard InChI is InChI=1S/C15H8BrN3OS2/c16-9-2-1-3-11-13(9)18-15(22-11)19-14(20)8-4-5-10-12(6-8)21-7-17-10/h1-7H,(H,18,19,20). The van der Waals surface area contributed by atoms with Crippen molar-refractivity contribution in [1.82, 2.24) is 9.97 Å². The van der Waals surface area contributed by atoms with Crippen molar-refractivity contribution in [3.05, 3.63) is 51.9 Å². The maximum atomic E-state index is 12.4. The van der Waals surface area contributed by atoms with Gasteiger partial charge in [0.2, 0.25) is 0 Å². The first-order chi connectivity index (χ1) is 10.7. The highest BCUT2D eigenvalue weighted by Crippen LogP contribution is 2.31. The lowest BCUT2D eigenvalue weighted by molar-refractivity contribution is 0.102. The van der Waals surface area contributed by atoms with E-state index in [4.69, 9.17) is 0 Å². The van der Waals surface area contributed by atoms with E-state index in [2.05, 4.69) is 31.2 Å². The van der Waals surface area contributed by atoms with E-state index in [-0.39, 0.29) is 5.91 Å². The van der Waals surface area contributed by atoms with Crippen LogP contribution in [-0.2, 0) is 0 Å². The van der Waals surface area contributed by atoms with E-state index in [1.54, 1.807) is 11.6 Å². The highest BCUT2D eigenvalue weighted by atomic mass is 79.9. The maximum Gasteiger partial charge on any atom is 0.257 e. The van der Waals surface area contributed by atoms with Crippen molar-refractivity contribution < 1.29 is 4.79 Å². The monoisotopic (exact) mass is 389 g/mol. The third kappa shape index (κ3) is 2.41. The van der Waals surface area contributed by atoms with Gasteiger partial charge in [-0.05, 0) is 46.3 Å². The molecule has 0 saturated heterocycles. The van der Waals surface area contributed by atoms with Gasteiger partial charge < -0.3 is 0 Å². The second kappa shape index (κ2) is 5.42. The van der Waals surface area contributed by atoms with Gasteiger partial charge in [-0.15, -0.1) is 11.3 Å². The molecule has 0 spiro atoms. The molecule has 0 aliphatic rings. The van der Waals surface area contributed by atoms with Crippen molar-refractivity contribution in [3.8, 4) is 0 Å². The zero-order chi connectivity index (χ0) is 15.1. The van der Waals surface area contributed by atoms with E-state index < -0.39 is 0 Å². The number of thiazole rings is 2. The summed E-state index contributed by atoms with van der Waals surface area (Å²) in [6.45, 7) is 0. The van der Waals surface area contributed by atoms with Gasteiger partial charge in [-0.1, -0.05) is 17.4 Å². The molecular formula is C15H8BrN3OS2. The number of benzene rings is 2. The van der Waals surface area contributed by atoms with Crippen LogP contribution < -0.4 is 5.32 Å². The van der Waals surface area contributed by atoms with E-state index in [1.807, 2.05) is 30.3 Å². The Labute approximate surface area is 142 Å². The summed E-state index contributed by atoms with van der Waals surface area (Å²) < 4.78 is 2.95. The molecule has 0 aliphatic carbocycles. The molecule has 1 amide bonds. The molecule has 0 saturated carbocycles. The number of halogens is 1. The quantitative estimate of drug-likeness (QED) is 0.529. The van der Waals surface area contributed by atoms with Crippen LogP contribution in [0.25, 0.3) is 20.4 Å². The summed E-state index contributed by atoms with van der Waals surface area (Å²) in [5.41, 5.74) is 4.15. The lowest BCUT2D eigenvalue weighted by Gasteiger charge is -2.01. The lowest BCUT2D eigenvalue weighted by Crippen LogP contribution is -2.11. The van der Waals surface area contributed by atoms with Crippen molar-refractivity contribution >= 4 is 70.1 Å². The van der Waals surface area contributed by atoms with Crippen LogP contribution in [0.3, 0.4) is 0 Å². The molecule has 0 fully saturated rings. The molecule has 4 aromatic rings. The average molecular weight is 390 g/mol. The average Bonchev–Trinajstić information content (AvgIpc) is 3.13. The Morgan fingerprint density at radius 1 is 1.18 bits per heavy atom. The van der Waals surface area contributed by atoms with E-state index in [1.165, 1.54) is 22.7 Å². The Morgan fingerprint density at radius 2 is 2.09 bits per heavy atom. The number of aromatic nitrogens is 2. The number of nitrogens with one attached hydrogen (secondary N) is 1. The number of hydrogen-bond acceptors (Lipinski definition) is 5. The number of amides is 1. The first-order valence-corrected chi connectivity index (χ1v) is 8.89. The van der Waals surface area contributed by atoms with Gasteiger partial charge in [-0.3, -0.25) is 10.1 Å². The molecule has 0 bridgehead atoms. The molecule has 2 heterocycles. The van der Waals surface area contributed by atoms with Crippen LogP contribution in [0.1, 0.15) is 10.4 Å². The Hall–Kier alpha value is -1.83. The minimum atomic E-state index is -0.162. The predicted molar refractivity (Wildman–Crippen MR) is 94.9 cm³/mol. The van der Waals surface area contributed by atoms with Crippen molar-refractivity contribution in [1.29, 1.82) is 0 Å². The highest BCUT2D eigenvalue weighted by Gasteiger charge is 2.12. The summed E-state index contributed by atoms with van der Waals surface area (Å²) in [4.78, 5) is 21.0. The topological polar surface area (TPSA) is 54.9 Å². The lowest BCUT2D eigenvalue weighted by atomic mass is 10.2. The molecule has 4 nitrogen and oxygen atoms in total. The molecule has 108 valence electrons. The number of hydrogen-bond donors (Lipinski definition) is 1. The predicted octanol–water partition coefficient (Wildman–Crippen LogP) is 4.92. The zero-order valence-electron chi connectivity index (χ0n) is 11.0. The molecule has 0 aliphatic heterocycles. The molecule has 0 unspecified atom stereocenters. The maximum absolute atomic E-state index is 12.4. The van der Waals surface area contributed by atoms with Gasteiger partial charge in [-0.25, -0.2) is 9.97 Å². The van der Waals surface area contributed by atoms with Crippen LogP contribution in [0.4, 0.5) is 5.13 Å². The van der Waals surface area contributed by atoms with Gasteiger partial charge in [0.1, 0.15) is 0 Å². The third-order valence-corrected chi connectivity index (χ3v) is 5.55. The SMILES string of the molecule is O=C(Nc1nc2c(Br)cccc2s1)c1ccc2ncsc2c1. The van der Waals surface area contributed by atoms with Crippen molar-refractivity contribution in [2.24, 2.45) is 0 Å². The molecule has 22 heavy (non-hydrogen) atoms. The van der Waals surface area contributed by atoms with Crippen LogP contribution in [0, 0.1) is 0 Å².